The van der Waals surface area contributed by atoms with Crippen LogP contribution in [0, 0.1) is 0 Å². The fraction of sp³-hybridized carbons (Fsp3) is 1.00. The third kappa shape index (κ3) is 1.52. The van der Waals surface area contributed by atoms with E-state index in [1.165, 1.54) is 0 Å². The summed E-state index contributed by atoms with van der Waals surface area (Å²) in [6, 6.07) is 0. The molecule has 5 heteroatoms. The average molecular weight is 164 g/mol. The first-order valence-corrected chi connectivity index (χ1v) is 3.44. The molecule has 0 spiro atoms. The number of aliphatic hydroxyl groups is 4. The summed E-state index contributed by atoms with van der Waals surface area (Å²) in [6.07, 6.45) is -3.75. The van der Waals surface area contributed by atoms with Crippen molar-refractivity contribution >= 4 is 0 Å². The molecule has 0 saturated carbocycles. The number of aliphatic hydroxyl groups excluding tert-OH is 4. The standard InChI is InChI=1S/C6H12O5/c7-1-3-5(9)6(10)4(2-8)11-3/h3-10H,1-2H2/t3-,4-,5+,6+/m0/s1. The van der Waals surface area contributed by atoms with Crippen LogP contribution in [0.25, 0.3) is 0 Å². The zero-order valence-electron chi connectivity index (χ0n) is 5.92. The van der Waals surface area contributed by atoms with Crippen molar-refractivity contribution < 1.29 is 25.2 Å². The zero-order chi connectivity index (χ0) is 8.43. The fourth-order valence-corrected chi connectivity index (χ4v) is 1.13. The van der Waals surface area contributed by atoms with E-state index in [0.29, 0.717) is 0 Å². The Morgan fingerprint density at radius 1 is 0.909 bits per heavy atom. The van der Waals surface area contributed by atoms with Gasteiger partial charge in [0.2, 0.25) is 0 Å². The van der Waals surface area contributed by atoms with Crippen LogP contribution in [0.4, 0.5) is 0 Å². The molecular weight excluding hydrogens is 152 g/mol. The fourth-order valence-electron chi connectivity index (χ4n) is 1.13. The van der Waals surface area contributed by atoms with Crippen molar-refractivity contribution in [3.63, 3.8) is 0 Å². The smallest absolute Gasteiger partial charge is 0.111 e. The molecule has 0 aromatic rings. The summed E-state index contributed by atoms with van der Waals surface area (Å²) in [5.74, 6) is 0. The SMILES string of the molecule is OC[C@@H]1O[C@@H](CO)[C@@H](O)[C@@H]1O. The van der Waals surface area contributed by atoms with Gasteiger partial charge in [-0.1, -0.05) is 0 Å². The summed E-state index contributed by atoms with van der Waals surface area (Å²) in [7, 11) is 0. The quantitative estimate of drug-likeness (QED) is 0.361. The van der Waals surface area contributed by atoms with Gasteiger partial charge >= 0.3 is 0 Å². The molecule has 1 heterocycles. The molecule has 0 radical (unpaired) electrons. The molecule has 1 fully saturated rings. The zero-order valence-corrected chi connectivity index (χ0v) is 5.92. The topological polar surface area (TPSA) is 90.2 Å². The van der Waals surface area contributed by atoms with E-state index >= 15 is 0 Å². The molecule has 1 aliphatic heterocycles. The van der Waals surface area contributed by atoms with Crippen LogP contribution in [0.1, 0.15) is 0 Å². The lowest BCUT2D eigenvalue weighted by atomic mass is 10.1. The Balaban J connectivity index is 2.53. The number of hydrogen-bond acceptors (Lipinski definition) is 5. The van der Waals surface area contributed by atoms with Crippen LogP contribution in [0.3, 0.4) is 0 Å². The second-order valence-corrected chi connectivity index (χ2v) is 2.56. The predicted molar refractivity (Wildman–Crippen MR) is 34.8 cm³/mol. The van der Waals surface area contributed by atoms with Crippen LogP contribution in [-0.2, 0) is 4.74 Å². The van der Waals surface area contributed by atoms with E-state index in [1.807, 2.05) is 0 Å². The van der Waals surface area contributed by atoms with E-state index in [1.54, 1.807) is 0 Å². The van der Waals surface area contributed by atoms with Gasteiger partial charge in [0.15, 0.2) is 0 Å². The van der Waals surface area contributed by atoms with Gasteiger partial charge in [-0.25, -0.2) is 0 Å². The molecule has 1 rings (SSSR count). The molecule has 11 heavy (non-hydrogen) atoms. The molecule has 0 aromatic carbocycles. The lowest BCUT2D eigenvalue weighted by molar-refractivity contribution is -0.0395. The first kappa shape index (κ1) is 8.89. The molecule has 0 amide bonds. The van der Waals surface area contributed by atoms with Crippen LogP contribution < -0.4 is 0 Å². The highest BCUT2D eigenvalue weighted by atomic mass is 16.6. The van der Waals surface area contributed by atoms with Crippen molar-refractivity contribution in [1.82, 2.24) is 0 Å². The van der Waals surface area contributed by atoms with Crippen molar-refractivity contribution in [2.24, 2.45) is 0 Å². The average Bonchev–Trinajstić information content (AvgIpc) is 2.30. The Hall–Kier alpha value is -0.200. The minimum absolute atomic E-state index is 0.352. The second-order valence-electron chi connectivity index (χ2n) is 2.56. The third-order valence-electron chi connectivity index (χ3n) is 1.82. The minimum Gasteiger partial charge on any atom is -0.394 e. The summed E-state index contributed by atoms with van der Waals surface area (Å²) in [5, 5.41) is 35.4. The van der Waals surface area contributed by atoms with Crippen molar-refractivity contribution in [2.45, 2.75) is 24.4 Å². The minimum atomic E-state index is -1.10. The lowest BCUT2D eigenvalue weighted by Gasteiger charge is -2.10. The number of ether oxygens (including phenoxy) is 1. The van der Waals surface area contributed by atoms with Gasteiger partial charge in [0, 0.05) is 0 Å². The van der Waals surface area contributed by atoms with E-state index in [4.69, 9.17) is 25.2 Å². The van der Waals surface area contributed by atoms with Gasteiger partial charge in [-0.15, -0.1) is 0 Å². The summed E-state index contributed by atoms with van der Waals surface area (Å²) in [5.41, 5.74) is 0. The van der Waals surface area contributed by atoms with Gasteiger partial charge in [-0.05, 0) is 0 Å². The Labute approximate surface area is 63.8 Å². The van der Waals surface area contributed by atoms with Crippen molar-refractivity contribution in [3.8, 4) is 0 Å². The van der Waals surface area contributed by atoms with E-state index in [9.17, 15) is 0 Å². The van der Waals surface area contributed by atoms with Gasteiger partial charge in [0.25, 0.3) is 0 Å². The normalized spacial score (nSPS) is 44.7. The molecule has 0 aliphatic carbocycles. The van der Waals surface area contributed by atoms with E-state index in [0.717, 1.165) is 0 Å². The summed E-state index contributed by atoms with van der Waals surface area (Å²) in [4.78, 5) is 0. The molecule has 1 saturated heterocycles. The molecule has 0 unspecified atom stereocenters. The Bertz CT molecular complexity index is 110. The maximum absolute atomic E-state index is 9.11. The Morgan fingerprint density at radius 2 is 1.27 bits per heavy atom. The first-order valence-electron chi connectivity index (χ1n) is 3.44. The summed E-state index contributed by atoms with van der Waals surface area (Å²) < 4.78 is 4.88. The van der Waals surface area contributed by atoms with Crippen molar-refractivity contribution in [2.75, 3.05) is 13.2 Å². The Morgan fingerprint density at radius 3 is 1.45 bits per heavy atom. The Kier molecular flexibility index (Phi) is 2.80. The van der Waals surface area contributed by atoms with Gasteiger partial charge in [-0.3, -0.25) is 0 Å². The molecule has 4 N–H and O–H groups in total. The van der Waals surface area contributed by atoms with Crippen LogP contribution in [0.5, 0.6) is 0 Å². The molecule has 0 bridgehead atoms. The highest BCUT2D eigenvalue weighted by Gasteiger charge is 2.41. The first-order chi connectivity index (χ1) is 5.20. The van der Waals surface area contributed by atoms with Gasteiger partial charge in [0.05, 0.1) is 13.2 Å². The third-order valence-corrected chi connectivity index (χ3v) is 1.82. The van der Waals surface area contributed by atoms with E-state index in [2.05, 4.69) is 0 Å². The summed E-state index contributed by atoms with van der Waals surface area (Å²) in [6.45, 7) is -0.705. The molecule has 0 aromatic heterocycles. The van der Waals surface area contributed by atoms with Crippen LogP contribution in [0.15, 0.2) is 0 Å². The molecule has 5 nitrogen and oxygen atoms in total. The summed E-state index contributed by atoms with van der Waals surface area (Å²) >= 11 is 0. The largest absolute Gasteiger partial charge is 0.394 e. The van der Waals surface area contributed by atoms with Crippen LogP contribution in [0.2, 0.25) is 0 Å². The number of hydrogen-bond donors (Lipinski definition) is 4. The maximum Gasteiger partial charge on any atom is 0.111 e. The van der Waals surface area contributed by atoms with Crippen LogP contribution in [-0.4, -0.2) is 58.1 Å². The molecular formula is C6H12O5. The lowest BCUT2D eigenvalue weighted by Crippen LogP contribution is -2.34. The monoisotopic (exact) mass is 164 g/mol. The van der Waals surface area contributed by atoms with Crippen molar-refractivity contribution in [3.05, 3.63) is 0 Å². The maximum atomic E-state index is 9.11. The molecule has 4 atom stereocenters. The van der Waals surface area contributed by atoms with E-state index < -0.39 is 24.4 Å². The van der Waals surface area contributed by atoms with Gasteiger partial charge in [0.1, 0.15) is 24.4 Å². The molecule has 1 aliphatic rings. The second kappa shape index (κ2) is 3.46. The van der Waals surface area contributed by atoms with Gasteiger partial charge in [-0.2, -0.15) is 0 Å². The number of rotatable bonds is 2. The van der Waals surface area contributed by atoms with Crippen LogP contribution >= 0.6 is 0 Å². The van der Waals surface area contributed by atoms with Crippen molar-refractivity contribution in [1.29, 1.82) is 0 Å². The highest BCUT2D eigenvalue weighted by molar-refractivity contribution is 4.89. The van der Waals surface area contributed by atoms with E-state index in [-0.39, 0.29) is 13.2 Å². The van der Waals surface area contributed by atoms with Gasteiger partial charge < -0.3 is 25.2 Å². The highest BCUT2D eigenvalue weighted by Crippen LogP contribution is 2.20. The molecule has 66 valence electrons. The predicted octanol–water partition coefficient (Wildman–Crippen LogP) is -2.54.